The Balaban J connectivity index is 0.838. The van der Waals surface area contributed by atoms with Gasteiger partial charge >= 0.3 is 0 Å². The van der Waals surface area contributed by atoms with Crippen LogP contribution in [0.4, 0.5) is 0 Å². The number of alkyl halides is 1. The molecular formula is C80H138BrN5O54. The van der Waals surface area contributed by atoms with Crippen LogP contribution >= 0.6 is 15.9 Å². The van der Waals surface area contributed by atoms with Crippen LogP contribution < -0.4 is 27.4 Å². The number of rotatable bonds is 39. The van der Waals surface area contributed by atoms with E-state index in [-0.39, 0.29) is 5.33 Å². The van der Waals surface area contributed by atoms with Gasteiger partial charge in [-0.2, -0.15) is 0 Å². The van der Waals surface area contributed by atoms with Crippen LogP contribution in [0.5, 0.6) is 0 Å². The van der Waals surface area contributed by atoms with Gasteiger partial charge in [-0.05, 0) is 0 Å². The molecule has 3 amide bonds. The lowest BCUT2D eigenvalue weighted by atomic mass is 9.89. The van der Waals surface area contributed by atoms with E-state index in [9.17, 15) is 168 Å². The fraction of sp³-hybridized carbons (Fsp3) is 0.963. The van der Waals surface area contributed by atoms with Crippen molar-refractivity contribution in [3.05, 3.63) is 0 Å². The molecule has 11 fully saturated rings. The van der Waals surface area contributed by atoms with Gasteiger partial charge < -0.3 is 280 Å². The molecular weight excluding hydrogens is 1970 g/mol. The summed E-state index contributed by atoms with van der Waals surface area (Å²) in [6.07, 6.45) is -98.6. The SMILES string of the molecule is CNC(=O)[C@@]1(OCC2O[C@@H](O[C@@H]3C(CO)O[C@@H](OC4C(O)[C@H](O)C(CO)O[C@@H]4OC4[C@H](O)C(CO[C@H]5OC(CO)[C@@H](O)C(O)[C@H]5O[C@@H]5O[C@@H](CO)[C@@H](O[C@@H]6OC(CO[C@]7(C(=O)NC)C[C@@H](O)[C@@H](N)C([C@H](O)C(O)CO)O7)[C@H](O)C(O)[C@@H]6O)C(O)C5C)O[C@@H](O[C@@H]5C(CO)O[C@@H](O[C@@H]6C(CO)O[C@@H](NC(=O)CBr)[C@@H](C)C6O)[C@@H](C)C5O)[C@@H]4O)[C@@H](C)C3O)[C@@H](O)C(O)[C@H]2O)C[C@@H](O)[C@@H](N)C([C@H](O)C(O)CO)O1. The van der Waals surface area contributed by atoms with Gasteiger partial charge in [0.05, 0.1) is 127 Å². The summed E-state index contributed by atoms with van der Waals surface area (Å²) in [6.45, 7) is -6.31. The minimum Gasteiger partial charge on any atom is -0.394 e. The lowest BCUT2D eigenvalue weighted by Crippen LogP contribution is -2.68. The van der Waals surface area contributed by atoms with E-state index in [1.165, 1.54) is 27.7 Å². The molecule has 37 N–H and O–H groups in total. The fourth-order valence-electron chi connectivity index (χ4n) is 18.5. The Hall–Kier alpha value is -3.23. The number of ether oxygens (including phenoxy) is 21. The number of nitrogens with two attached hydrogens (primary N) is 2. The van der Waals surface area contributed by atoms with Crippen LogP contribution in [0.3, 0.4) is 0 Å². The van der Waals surface area contributed by atoms with Gasteiger partial charge in [-0.3, -0.25) is 14.4 Å². The van der Waals surface area contributed by atoms with Gasteiger partial charge in [0.2, 0.25) is 5.91 Å². The average Bonchev–Trinajstić information content (AvgIpc) is 0.771. The number of carbonyl (C=O) groups is 3. The first kappa shape index (κ1) is 117. The minimum absolute atomic E-state index is 0.168. The van der Waals surface area contributed by atoms with Crippen molar-refractivity contribution < 1.29 is 267 Å². The Morgan fingerprint density at radius 3 is 1.00 bits per heavy atom. The van der Waals surface area contributed by atoms with Crippen LogP contribution in [-0.4, -0.2) is 587 Å². The van der Waals surface area contributed by atoms with Gasteiger partial charge in [0.1, 0.15) is 214 Å². The smallest absolute Gasteiger partial charge is 0.280 e. The number of likely N-dealkylation sites (N-methyl/N-ethyl adjacent to an activating group) is 2. The molecule has 11 rings (SSSR count). The molecule has 814 valence electrons. The third-order valence-corrected chi connectivity index (χ3v) is 27.9. The first-order valence-electron chi connectivity index (χ1n) is 45.6. The standard InChI is InChI=1S/C80H138BrN5O54/c1-21-41(100)59(31(14-91)123-68(21)86-38(99)9-81)132-69-22(2)42(101)62(34(17-94)126-69)135-74-58(117)65(136-76-67(55(114)48(107)30(13-90)125-76)138-71-24(4)44(103)61(33(16-93)128-71)134-73-57(116)53(112)50(109)37(131-73)20-122-80(78(119)85-6)8-26(96)40(83)64(140-80)46(105)28(98)11-88)51(110)35(129-74)18-120-75-66(54(113)47(106)29(12-89)124-75)137-70-23(3)43(102)60(32(15-92)127-70)133-72-56(115)52(111)49(108)36(130-72)19-121-79(77(118)84-5)7-25(95)39(82)63(139-79)45(104)27(97)10-87/h21-37,39-76,87-98,100-117H,7-20,82-83H2,1-6H3,(H,84,118)(H,85,119)(H,86,99)/t21-,22-,23?,24-,25+,26+,27?,28?,29?,30?,31?,32-,33?,34?,35?,36?,37?,39+,40+,41?,42?,43?,44?,45+,46+,47+,48+,49-,50-,51+,52?,53?,54?,55?,56-,57-,58+,59+,60+,61+,62+,63?,64?,65?,66+,67?,68+,69-,70-,71-,72-,73-,74-,75-,76+,79+,80+/m0/s1. The highest BCUT2D eigenvalue weighted by Gasteiger charge is 2.64. The van der Waals surface area contributed by atoms with Crippen LogP contribution in [0, 0.1) is 23.7 Å². The molecule has 140 heavy (non-hydrogen) atoms. The van der Waals surface area contributed by atoms with E-state index in [2.05, 4.69) is 31.9 Å². The monoisotopic (exact) mass is 2110 g/mol. The van der Waals surface area contributed by atoms with E-state index in [0.29, 0.717) is 0 Å². The summed E-state index contributed by atoms with van der Waals surface area (Å²) in [5.41, 5.74) is 12.2. The summed E-state index contributed by atoms with van der Waals surface area (Å²) < 4.78 is 127. The van der Waals surface area contributed by atoms with E-state index in [4.69, 9.17) is 111 Å². The molecule has 11 aliphatic rings. The molecule has 0 aliphatic carbocycles. The molecule has 11 heterocycles. The molecule has 0 aromatic rings. The molecule has 60 heteroatoms. The number of nitrogens with one attached hydrogen (secondary N) is 3. The van der Waals surface area contributed by atoms with Crippen LogP contribution in [0.2, 0.25) is 0 Å². The van der Waals surface area contributed by atoms with E-state index < -0.39 is 451 Å². The van der Waals surface area contributed by atoms with E-state index in [1.54, 1.807) is 0 Å². The summed E-state index contributed by atoms with van der Waals surface area (Å²) in [4.78, 5) is 39.5. The highest BCUT2D eigenvalue weighted by atomic mass is 79.9. The van der Waals surface area contributed by atoms with E-state index in [1.807, 2.05) is 0 Å². The second-order valence-electron chi connectivity index (χ2n) is 36.7. The summed E-state index contributed by atoms with van der Waals surface area (Å²) in [5.74, 6) is -13.3. The summed E-state index contributed by atoms with van der Waals surface area (Å²) in [6, 6.07) is -3.01. The van der Waals surface area contributed by atoms with Crippen molar-refractivity contribution in [2.45, 2.75) is 365 Å². The van der Waals surface area contributed by atoms with Crippen molar-refractivity contribution >= 4 is 33.7 Å². The Bertz CT molecular complexity index is 3810. The Kier molecular flexibility index (Phi) is 42.3. The number of aliphatic hydroxyl groups is 30. The van der Waals surface area contributed by atoms with E-state index >= 15 is 0 Å². The van der Waals surface area contributed by atoms with Crippen LogP contribution in [0.25, 0.3) is 0 Å². The topological polar surface area (TPSA) is 940 Å². The maximum Gasteiger partial charge on any atom is 0.280 e. The number of aliphatic hydroxyl groups excluding tert-OH is 30. The van der Waals surface area contributed by atoms with Crippen molar-refractivity contribution in [1.82, 2.24) is 16.0 Å². The third-order valence-electron chi connectivity index (χ3n) is 27.4. The van der Waals surface area contributed by atoms with Crippen LogP contribution in [0.1, 0.15) is 40.5 Å². The van der Waals surface area contributed by atoms with Crippen LogP contribution in [0.15, 0.2) is 0 Å². The largest absolute Gasteiger partial charge is 0.394 e. The number of amides is 3. The zero-order valence-electron chi connectivity index (χ0n) is 76.4. The lowest BCUT2D eigenvalue weighted by Gasteiger charge is -2.51. The number of hydrogen-bond acceptors (Lipinski definition) is 56. The number of halogens is 1. The molecule has 59 nitrogen and oxygen atoms in total. The summed E-state index contributed by atoms with van der Waals surface area (Å²) in [7, 11) is 2.24. The molecule has 11 aliphatic heterocycles. The highest BCUT2D eigenvalue weighted by Crippen LogP contribution is 2.45. The first-order chi connectivity index (χ1) is 66.2. The van der Waals surface area contributed by atoms with Crippen molar-refractivity contribution in [2.75, 3.05) is 92.1 Å². The predicted molar refractivity (Wildman–Crippen MR) is 446 cm³/mol. The fourth-order valence-corrected chi connectivity index (χ4v) is 18.7. The molecule has 0 saturated carbocycles. The highest BCUT2D eigenvalue weighted by molar-refractivity contribution is 9.09. The van der Waals surface area contributed by atoms with Crippen molar-refractivity contribution in [2.24, 2.45) is 35.1 Å². The first-order valence-corrected chi connectivity index (χ1v) is 46.7. The Morgan fingerprint density at radius 2 is 0.643 bits per heavy atom. The van der Waals surface area contributed by atoms with Gasteiger partial charge in [0, 0.05) is 50.6 Å². The maximum atomic E-state index is 13.6. The molecule has 0 aromatic carbocycles. The quantitative estimate of drug-likeness (QED) is 0.0254. The van der Waals surface area contributed by atoms with E-state index in [0.717, 1.165) is 14.1 Å². The van der Waals surface area contributed by atoms with Gasteiger partial charge in [0.15, 0.2) is 50.3 Å². The molecule has 0 radical (unpaired) electrons. The van der Waals surface area contributed by atoms with Crippen LogP contribution in [-0.2, 0) is 114 Å². The second kappa shape index (κ2) is 50.6. The Labute approximate surface area is 805 Å². The molecule has 11 saturated heterocycles. The van der Waals surface area contributed by atoms with Crippen molar-refractivity contribution in [1.29, 1.82) is 0 Å². The lowest BCUT2D eigenvalue weighted by molar-refractivity contribution is -0.402. The number of hydrogen-bond donors (Lipinski definition) is 35. The average molecular weight is 2110 g/mol. The number of carbonyl (C=O) groups excluding carboxylic acids is 3. The molecule has 57 atom stereocenters. The van der Waals surface area contributed by atoms with Gasteiger partial charge in [0.25, 0.3) is 23.4 Å². The minimum atomic E-state index is -2.63. The van der Waals surface area contributed by atoms with Crippen molar-refractivity contribution in [3.8, 4) is 0 Å². The summed E-state index contributed by atoms with van der Waals surface area (Å²) >= 11 is 3.03. The molecule has 0 spiro atoms. The maximum absolute atomic E-state index is 13.6. The molecule has 0 bridgehead atoms. The van der Waals surface area contributed by atoms with Gasteiger partial charge in [-0.15, -0.1) is 0 Å². The predicted octanol–water partition coefficient (Wildman–Crippen LogP) is -21.7. The zero-order valence-corrected chi connectivity index (χ0v) is 78.0. The van der Waals surface area contributed by atoms with Gasteiger partial charge in [-0.25, -0.2) is 0 Å². The molecule has 0 aromatic heterocycles. The van der Waals surface area contributed by atoms with Crippen molar-refractivity contribution in [3.63, 3.8) is 0 Å². The normalized spacial score (nSPS) is 49.2. The Morgan fingerprint density at radius 1 is 0.343 bits per heavy atom. The summed E-state index contributed by atoms with van der Waals surface area (Å²) in [5, 5.41) is 344. The zero-order chi connectivity index (χ0) is 103. The second-order valence-corrected chi connectivity index (χ2v) is 37.2. The molecule has 23 unspecified atom stereocenters. The third kappa shape index (κ3) is 24.8. The van der Waals surface area contributed by atoms with Gasteiger partial charge in [-0.1, -0.05) is 43.6 Å².